The van der Waals surface area contributed by atoms with Gasteiger partial charge in [0, 0.05) is 43.2 Å². The van der Waals surface area contributed by atoms with Gasteiger partial charge in [0.15, 0.2) is 0 Å². The molecule has 0 spiro atoms. The van der Waals surface area contributed by atoms with E-state index in [-0.39, 0.29) is 23.4 Å². The van der Waals surface area contributed by atoms with E-state index >= 15 is 0 Å². The third kappa shape index (κ3) is 4.17. The lowest BCUT2D eigenvalue weighted by Crippen LogP contribution is -2.47. The van der Waals surface area contributed by atoms with Gasteiger partial charge in [-0.2, -0.15) is 0 Å². The van der Waals surface area contributed by atoms with Crippen molar-refractivity contribution in [1.82, 2.24) is 10.2 Å². The van der Waals surface area contributed by atoms with Crippen molar-refractivity contribution >= 4 is 11.6 Å². The number of amides is 1. The SMILES string of the molecule is CCC(=O)NC1CCCN(Cc2cc([N+](=O)[O-])ccc2O)C1. The second-order valence-electron chi connectivity index (χ2n) is 5.57. The maximum Gasteiger partial charge on any atom is 0.270 e. The highest BCUT2D eigenvalue weighted by molar-refractivity contribution is 5.75. The van der Waals surface area contributed by atoms with Crippen LogP contribution in [0, 0.1) is 10.1 Å². The second-order valence-corrected chi connectivity index (χ2v) is 5.57. The summed E-state index contributed by atoms with van der Waals surface area (Å²) in [6.07, 6.45) is 2.34. The fraction of sp³-hybridized carbons (Fsp3) is 0.533. The first-order chi connectivity index (χ1) is 10.5. The summed E-state index contributed by atoms with van der Waals surface area (Å²) in [6.45, 7) is 3.79. The summed E-state index contributed by atoms with van der Waals surface area (Å²) in [7, 11) is 0. The zero-order valence-electron chi connectivity index (χ0n) is 12.6. The topological polar surface area (TPSA) is 95.7 Å². The zero-order valence-corrected chi connectivity index (χ0v) is 12.6. The van der Waals surface area contributed by atoms with Crippen molar-refractivity contribution in [2.45, 2.75) is 38.8 Å². The van der Waals surface area contributed by atoms with Gasteiger partial charge < -0.3 is 10.4 Å². The summed E-state index contributed by atoms with van der Waals surface area (Å²) in [5, 5.41) is 23.7. The molecule has 1 atom stereocenters. The lowest BCUT2D eigenvalue weighted by Gasteiger charge is -2.33. The van der Waals surface area contributed by atoms with Crippen LogP contribution in [0.2, 0.25) is 0 Å². The number of hydrogen-bond acceptors (Lipinski definition) is 5. The Hall–Kier alpha value is -2.15. The Morgan fingerprint density at radius 1 is 1.55 bits per heavy atom. The molecule has 0 bridgehead atoms. The molecule has 1 aromatic carbocycles. The molecule has 120 valence electrons. The van der Waals surface area contributed by atoms with Crippen molar-refractivity contribution in [3.05, 3.63) is 33.9 Å². The van der Waals surface area contributed by atoms with Crippen molar-refractivity contribution in [2.75, 3.05) is 13.1 Å². The number of carbonyl (C=O) groups excluding carboxylic acids is 1. The Morgan fingerprint density at radius 3 is 3.00 bits per heavy atom. The normalized spacial score (nSPS) is 18.9. The average molecular weight is 307 g/mol. The largest absolute Gasteiger partial charge is 0.508 e. The molecule has 1 heterocycles. The fourth-order valence-corrected chi connectivity index (χ4v) is 2.70. The van der Waals surface area contributed by atoms with E-state index in [9.17, 15) is 20.0 Å². The molecular weight excluding hydrogens is 286 g/mol. The van der Waals surface area contributed by atoms with Crippen LogP contribution in [0.3, 0.4) is 0 Å². The van der Waals surface area contributed by atoms with Gasteiger partial charge in [-0.1, -0.05) is 6.92 Å². The van der Waals surface area contributed by atoms with Crippen LogP contribution in [0.5, 0.6) is 5.75 Å². The molecule has 1 amide bonds. The fourth-order valence-electron chi connectivity index (χ4n) is 2.70. The summed E-state index contributed by atoms with van der Waals surface area (Å²) >= 11 is 0. The maximum absolute atomic E-state index is 11.5. The summed E-state index contributed by atoms with van der Waals surface area (Å²) in [4.78, 5) is 23.9. The number of nitro benzene ring substituents is 1. The molecule has 2 rings (SSSR count). The molecule has 1 saturated heterocycles. The molecule has 2 N–H and O–H groups in total. The minimum Gasteiger partial charge on any atom is -0.508 e. The van der Waals surface area contributed by atoms with Gasteiger partial charge in [-0.3, -0.25) is 19.8 Å². The van der Waals surface area contributed by atoms with Crippen molar-refractivity contribution in [1.29, 1.82) is 0 Å². The Kier molecular flexibility index (Phi) is 5.32. The highest BCUT2D eigenvalue weighted by Gasteiger charge is 2.22. The van der Waals surface area contributed by atoms with Crippen LogP contribution in [0.15, 0.2) is 18.2 Å². The zero-order chi connectivity index (χ0) is 16.1. The van der Waals surface area contributed by atoms with Crippen molar-refractivity contribution in [2.24, 2.45) is 0 Å². The molecular formula is C15H21N3O4. The first kappa shape index (κ1) is 16.2. The van der Waals surface area contributed by atoms with E-state index in [1.54, 1.807) is 0 Å². The Labute approximate surface area is 129 Å². The van der Waals surface area contributed by atoms with Crippen molar-refractivity contribution in [3.63, 3.8) is 0 Å². The second kappa shape index (κ2) is 7.22. The van der Waals surface area contributed by atoms with Gasteiger partial charge in [-0.25, -0.2) is 0 Å². The molecule has 7 heteroatoms. The molecule has 1 aliphatic heterocycles. The number of benzene rings is 1. The monoisotopic (exact) mass is 307 g/mol. The number of phenols is 1. The average Bonchev–Trinajstić information content (AvgIpc) is 2.49. The van der Waals surface area contributed by atoms with Crippen LogP contribution in [-0.4, -0.2) is 40.0 Å². The Balaban J connectivity index is 2.02. The van der Waals surface area contributed by atoms with E-state index in [4.69, 9.17) is 0 Å². The number of nitrogens with zero attached hydrogens (tertiary/aromatic N) is 2. The number of likely N-dealkylation sites (tertiary alicyclic amines) is 1. The summed E-state index contributed by atoms with van der Waals surface area (Å²) in [5.41, 5.74) is 0.511. The van der Waals surface area contributed by atoms with Crippen molar-refractivity contribution in [3.8, 4) is 5.75 Å². The molecule has 1 aromatic rings. The van der Waals surface area contributed by atoms with Gasteiger partial charge in [0.05, 0.1) is 4.92 Å². The van der Waals surface area contributed by atoms with Gasteiger partial charge in [-0.15, -0.1) is 0 Å². The van der Waals surface area contributed by atoms with Gasteiger partial charge in [-0.05, 0) is 25.5 Å². The van der Waals surface area contributed by atoms with E-state index in [0.29, 0.717) is 25.1 Å². The van der Waals surface area contributed by atoms with E-state index in [1.165, 1.54) is 18.2 Å². The number of hydrogen-bond donors (Lipinski definition) is 2. The number of nitrogens with one attached hydrogen (secondary N) is 1. The third-order valence-electron chi connectivity index (χ3n) is 3.86. The summed E-state index contributed by atoms with van der Waals surface area (Å²) in [6, 6.07) is 4.15. The van der Waals surface area contributed by atoms with Gasteiger partial charge in [0.25, 0.3) is 5.69 Å². The predicted octanol–water partition coefficient (Wildman–Crippen LogP) is 1.79. The van der Waals surface area contributed by atoms with Crippen LogP contribution in [0.25, 0.3) is 0 Å². The van der Waals surface area contributed by atoms with Crippen LogP contribution >= 0.6 is 0 Å². The summed E-state index contributed by atoms with van der Waals surface area (Å²) < 4.78 is 0. The minimum absolute atomic E-state index is 0.0272. The van der Waals surface area contributed by atoms with E-state index < -0.39 is 4.92 Å². The molecule has 1 aliphatic rings. The lowest BCUT2D eigenvalue weighted by molar-refractivity contribution is -0.385. The molecule has 0 aromatic heterocycles. The highest BCUT2D eigenvalue weighted by Crippen LogP contribution is 2.25. The van der Waals surface area contributed by atoms with Gasteiger partial charge >= 0.3 is 0 Å². The first-order valence-electron chi connectivity index (χ1n) is 7.47. The standard InChI is InChI=1S/C15H21N3O4/c1-2-15(20)16-12-4-3-7-17(10-12)9-11-8-13(18(21)22)5-6-14(11)19/h5-6,8,12,19H,2-4,7,9-10H2,1H3,(H,16,20). The number of aromatic hydroxyl groups is 1. The molecule has 22 heavy (non-hydrogen) atoms. The summed E-state index contributed by atoms with van der Waals surface area (Å²) in [5.74, 6) is 0.0929. The number of piperidine rings is 1. The van der Waals surface area contributed by atoms with Crippen molar-refractivity contribution < 1.29 is 14.8 Å². The number of nitro groups is 1. The Morgan fingerprint density at radius 2 is 2.32 bits per heavy atom. The van der Waals surface area contributed by atoms with E-state index in [0.717, 1.165) is 19.4 Å². The molecule has 0 saturated carbocycles. The Bertz CT molecular complexity index is 562. The first-order valence-corrected chi connectivity index (χ1v) is 7.47. The van der Waals surface area contributed by atoms with Crippen LogP contribution in [-0.2, 0) is 11.3 Å². The molecule has 0 aliphatic carbocycles. The van der Waals surface area contributed by atoms with Gasteiger partial charge in [0.1, 0.15) is 5.75 Å². The smallest absolute Gasteiger partial charge is 0.270 e. The number of rotatable bonds is 5. The highest BCUT2D eigenvalue weighted by atomic mass is 16.6. The van der Waals surface area contributed by atoms with Gasteiger partial charge in [0.2, 0.25) is 5.91 Å². The molecule has 1 unspecified atom stereocenters. The maximum atomic E-state index is 11.5. The molecule has 0 radical (unpaired) electrons. The van der Waals surface area contributed by atoms with E-state index in [2.05, 4.69) is 10.2 Å². The quantitative estimate of drug-likeness (QED) is 0.638. The minimum atomic E-state index is -0.469. The van der Waals surface area contributed by atoms with E-state index in [1.807, 2.05) is 6.92 Å². The van der Waals surface area contributed by atoms with Crippen LogP contribution in [0.4, 0.5) is 5.69 Å². The lowest BCUT2D eigenvalue weighted by atomic mass is 10.0. The molecule has 7 nitrogen and oxygen atoms in total. The third-order valence-corrected chi connectivity index (χ3v) is 3.86. The number of non-ortho nitro benzene ring substituents is 1. The van der Waals surface area contributed by atoms with Crippen LogP contribution < -0.4 is 5.32 Å². The predicted molar refractivity (Wildman–Crippen MR) is 81.5 cm³/mol. The molecule has 1 fully saturated rings. The number of phenolic OH excluding ortho intramolecular Hbond substituents is 1. The number of carbonyl (C=O) groups is 1. The van der Waals surface area contributed by atoms with Crippen LogP contribution in [0.1, 0.15) is 31.7 Å².